The van der Waals surface area contributed by atoms with Crippen molar-refractivity contribution in [2.24, 2.45) is 0 Å². The van der Waals surface area contributed by atoms with Gasteiger partial charge in [0.2, 0.25) is 0 Å². The van der Waals surface area contributed by atoms with E-state index in [1.165, 1.54) is 16.9 Å². The molecule has 33 heavy (non-hydrogen) atoms. The van der Waals surface area contributed by atoms with Crippen LogP contribution in [0.5, 0.6) is 0 Å². The fourth-order valence-electron chi connectivity index (χ4n) is 3.35. The summed E-state index contributed by atoms with van der Waals surface area (Å²) in [4.78, 5) is 16.9. The Labute approximate surface area is 202 Å². The van der Waals surface area contributed by atoms with Crippen molar-refractivity contribution in [3.8, 4) is 5.69 Å². The zero-order valence-electron chi connectivity index (χ0n) is 19.0. The molecule has 0 fully saturated rings. The number of amides is 1. The average Bonchev–Trinajstić information content (AvgIpc) is 3.46. The number of hydrogen-bond acceptors (Lipinski definition) is 6. The van der Waals surface area contributed by atoms with Crippen molar-refractivity contribution in [3.63, 3.8) is 0 Å². The van der Waals surface area contributed by atoms with Crippen molar-refractivity contribution in [2.75, 3.05) is 0 Å². The van der Waals surface area contributed by atoms with E-state index >= 15 is 0 Å². The number of para-hydroxylation sites is 1. The highest BCUT2D eigenvalue weighted by Crippen LogP contribution is 2.28. The van der Waals surface area contributed by atoms with Crippen LogP contribution < -0.4 is 5.32 Å². The van der Waals surface area contributed by atoms with Crippen LogP contribution in [0.1, 0.15) is 52.7 Å². The number of carbonyl (C=O) groups is 1. The van der Waals surface area contributed by atoms with Gasteiger partial charge in [-0.25, -0.2) is 4.98 Å². The highest BCUT2D eigenvalue weighted by molar-refractivity contribution is 7.98. The topological polar surface area (TPSA) is 72.7 Å². The molecule has 4 aromatic rings. The average molecular weight is 478 g/mol. The normalized spacial score (nSPS) is 12.0. The third-order valence-electron chi connectivity index (χ3n) is 5.36. The Bertz CT molecular complexity index is 1220. The highest BCUT2D eigenvalue weighted by Gasteiger charge is 2.18. The molecule has 2 aromatic heterocycles. The van der Waals surface area contributed by atoms with Gasteiger partial charge in [-0.1, -0.05) is 67.2 Å². The lowest BCUT2D eigenvalue weighted by molar-refractivity contribution is 0.0935. The molecule has 6 nitrogen and oxygen atoms in total. The van der Waals surface area contributed by atoms with E-state index in [1.807, 2.05) is 49.6 Å². The minimum Gasteiger partial charge on any atom is -0.348 e. The largest absolute Gasteiger partial charge is 0.348 e. The van der Waals surface area contributed by atoms with E-state index in [9.17, 15) is 4.79 Å². The molecule has 0 bridgehead atoms. The van der Waals surface area contributed by atoms with Gasteiger partial charge in [-0.15, -0.1) is 21.5 Å². The Morgan fingerprint density at radius 2 is 1.88 bits per heavy atom. The van der Waals surface area contributed by atoms with E-state index in [1.54, 1.807) is 11.8 Å². The molecule has 0 saturated heterocycles. The van der Waals surface area contributed by atoms with E-state index in [4.69, 9.17) is 0 Å². The number of aryl methyl sites for hydroxylation is 1. The zero-order chi connectivity index (χ0) is 23.2. The van der Waals surface area contributed by atoms with Crippen LogP contribution in [0, 0.1) is 6.92 Å². The smallest absolute Gasteiger partial charge is 0.270 e. The van der Waals surface area contributed by atoms with Crippen molar-refractivity contribution in [1.82, 2.24) is 25.1 Å². The summed E-state index contributed by atoms with van der Waals surface area (Å²) in [5.74, 6) is 1.40. The van der Waals surface area contributed by atoms with Gasteiger partial charge in [-0.3, -0.25) is 9.36 Å². The summed E-state index contributed by atoms with van der Waals surface area (Å²) in [7, 11) is 0. The lowest BCUT2D eigenvalue weighted by atomic mass is 10.1. The molecule has 0 radical (unpaired) electrons. The number of thioether (sulfide) groups is 1. The Hall–Kier alpha value is -2.97. The van der Waals surface area contributed by atoms with Crippen molar-refractivity contribution in [3.05, 3.63) is 87.6 Å². The molecule has 1 atom stereocenters. The zero-order valence-corrected chi connectivity index (χ0v) is 20.6. The van der Waals surface area contributed by atoms with Crippen LogP contribution in [0.2, 0.25) is 0 Å². The summed E-state index contributed by atoms with van der Waals surface area (Å²) in [6, 6.07) is 18.7. The van der Waals surface area contributed by atoms with Crippen LogP contribution >= 0.6 is 23.1 Å². The molecule has 2 aromatic carbocycles. The number of nitrogens with one attached hydrogen (secondary N) is 1. The molecule has 0 aliphatic carbocycles. The van der Waals surface area contributed by atoms with E-state index in [-0.39, 0.29) is 11.9 Å². The lowest BCUT2D eigenvalue weighted by Gasteiger charge is -2.12. The molecule has 170 valence electrons. The number of rotatable bonds is 9. The monoisotopic (exact) mass is 477 g/mol. The van der Waals surface area contributed by atoms with Gasteiger partial charge in [0, 0.05) is 17.8 Å². The fraction of sp³-hybridized carbons (Fsp3) is 0.280. The van der Waals surface area contributed by atoms with E-state index in [2.05, 4.69) is 56.3 Å². The summed E-state index contributed by atoms with van der Waals surface area (Å²) >= 11 is 3.08. The first-order chi connectivity index (χ1) is 16.0. The molecule has 1 unspecified atom stereocenters. The molecule has 8 heteroatoms. The molecule has 0 saturated carbocycles. The van der Waals surface area contributed by atoms with Crippen LogP contribution in [0.25, 0.3) is 5.69 Å². The molecule has 0 spiro atoms. The molecular weight excluding hydrogens is 450 g/mol. The van der Waals surface area contributed by atoms with Gasteiger partial charge in [0.15, 0.2) is 5.16 Å². The second kappa shape index (κ2) is 10.8. The molecule has 1 N–H and O–H groups in total. The Kier molecular flexibility index (Phi) is 7.57. The van der Waals surface area contributed by atoms with Crippen LogP contribution in [-0.4, -0.2) is 31.7 Å². The van der Waals surface area contributed by atoms with Gasteiger partial charge < -0.3 is 5.32 Å². The van der Waals surface area contributed by atoms with Crippen molar-refractivity contribution in [2.45, 2.75) is 50.6 Å². The summed E-state index contributed by atoms with van der Waals surface area (Å²) in [5, 5.41) is 15.5. The fourth-order valence-corrected chi connectivity index (χ4v) is 5.11. The van der Waals surface area contributed by atoms with Crippen LogP contribution in [0.3, 0.4) is 0 Å². The first-order valence-corrected chi connectivity index (χ1v) is 12.8. The SMILES string of the molecule is CCC(C)NC(=O)c1csc(CSc2nnc(Cc3ccccc3)n2-c2ccccc2C)n1. The maximum atomic E-state index is 12.4. The third kappa shape index (κ3) is 5.69. The molecule has 2 heterocycles. The molecule has 0 aliphatic heterocycles. The first-order valence-electron chi connectivity index (χ1n) is 11.0. The number of benzene rings is 2. The number of carbonyl (C=O) groups excluding carboxylic acids is 1. The number of hydrogen-bond donors (Lipinski definition) is 1. The van der Waals surface area contributed by atoms with Crippen molar-refractivity contribution < 1.29 is 4.79 Å². The maximum absolute atomic E-state index is 12.4. The Morgan fingerprint density at radius 1 is 1.12 bits per heavy atom. The number of nitrogens with zero attached hydrogens (tertiary/aromatic N) is 4. The molecule has 0 aliphatic rings. The number of thiazole rings is 1. The minimum atomic E-state index is -0.120. The second-order valence-electron chi connectivity index (χ2n) is 7.88. The first kappa shape index (κ1) is 23.2. The summed E-state index contributed by atoms with van der Waals surface area (Å²) in [6.45, 7) is 6.14. The van der Waals surface area contributed by atoms with Crippen molar-refractivity contribution in [1.29, 1.82) is 0 Å². The standard InChI is InChI=1S/C25H27N5OS2/c1-4-18(3)26-24(31)20-15-32-23(27-20)16-33-25-29-28-22(14-19-11-6-5-7-12-19)30(25)21-13-9-8-10-17(21)2/h5-13,15,18H,4,14,16H2,1-3H3,(H,26,31). The van der Waals surface area contributed by atoms with E-state index < -0.39 is 0 Å². The van der Waals surface area contributed by atoms with Crippen LogP contribution in [0.4, 0.5) is 0 Å². The Morgan fingerprint density at radius 3 is 2.64 bits per heavy atom. The molecule has 4 rings (SSSR count). The predicted octanol–water partition coefficient (Wildman–Crippen LogP) is 5.44. The molecular formula is C25H27N5OS2. The van der Waals surface area contributed by atoms with Gasteiger partial charge >= 0.3 is 0 Å². The molecule has 1 amide bonds. The summed E-state index contributed by atoms with van der Waals surface area (Å²) < 4.78 is 2.14. The van der Waals surface area contributed by atoms with Gasteiger partial charge in [0.1, 0.15) is 16.5 Å². The summed E-state index contributed by atoms with van der Waals surface area (Å²) in [6.07, 6.45) is 1.58. The second-order valence-corrected chi connectivity index (χ2v) is 9.77. The van der Waals surface area contributed by atoms with Gasteiger partial charge in [-0.05, 0) is 37.5 Å². The van der Waals surface area contributed by atoms with Crippen LogP contribution in [-0.2, 0) is 12.2 Å². The highest BCUT2D eigenvalue weighted by atomic mass is 32.2. The van der Waals surface area contributed by atoms with Gasteiger partial charge in [-0.2, -0.15) is 0 Å². The number of aromatic nitrogens is 4. The van der Waals surface area contributed by atoms with Gasteiger partial charge in [0.05, 0.1) is 11.4 Å². The quantitative estimate of drug-likeness (QED) is 0.325. The lowest BCUT2D eigenvalue weighted by Crippen LogP contribution is -2.32. The van der Waals surface area contributed by atoms with E-state index in [0.29, 0.717) is 17.9 Å². The van der Waals surface area contributed by atoms with Crippen molar-refractivity contribution >= 4 is 29.0 Å². The summed E-state index contributed by atoms with van der Waals surface area (Å²) in [5.41, 5.74) is 3.89. The maximum Gasteiger partial charge on any atom is 0.270 e. The third-order valence-corrected chi connectivity index (χ3v) is 7.33. The van der Waals surface area contributed by atoms with Gasteiger partial charge in [0.25, 0.3) is 5.91 Å². The Balaban J connectivity index is 1.56. The van der Waals surface area contributed by atoms with E-state index in [0.717, 1.165) is 33.7 Å². The van der Waals surface area contributed by atoms with Crippen LogP contribution in [0.15, 0.2) is 65.1 Å². The predicted molar refractivity (Wildman–Crippen MR) is 134 cm³/mol. The minimum absolute atomic E-state index is 0.120.